The molecule has 1 aromatic carbocycles. The van der Waals surface area contributed by atoms with Crippen LogP contribution in [0.15, 0.2) is 23.2 Å². The standard InChI is InChI=1S/C17H26N4O2.HI/c1-13(22)20-15-11-14(7-8-16(15)23-2)12-19-17(18)21-9-5-3-4-6-10-21;/h7-8,11H,3-6,9-10,12H2,1-2H3,(H2,18,19)(H,20,22);1H. The summed E-state index contributed by atoms with van der Waals surface area (Å²) in [5.41, 5.74) is 7.75. The van der Waals surface area contributed by atoms with Gasteiger partial charge in [-0.05, 0) is 30.5 Å². The molecule has 1 fully saturated rings. The van der Waals surface area contributed by atoms with E-state index in [0.29, 0.717) is 23.9 Å². The molecule has 0 atom stereocenters. The van der Waals surface area contributed by atoms with Crippen LogP contribution >= 0.6 is 24.0 Å². The number of amides is 1. The maximum absolute atomic E-state index is 11.3. The average Bonchev–Trinajstić information content (AvgIpc) is 2.81. The van der Waals surface area contributed by atoms with Gasteiger partial charge in [0, 0.05) is 20.0 Å². The fourth-order valence-electron chi connectivity index (χ4n) is 2.71. The zero-order chi connectivity index (χ0) is 16.7. The summed E-state index contributed by atoms with van der Waals surface area (Å²) in [6, 6.07) is 5.64. The van der Waals surface area contributed by atoms with E-state index in [-0.39, 0.29) is 29.9 Å². The van der Waals surface area contributed by atoms with Crippen LogP contribution in [0.2, 0.25) is 0 Å². The number of nitrogens with one attached hydrogen (secondary N) is 1. The van der Waals surface area contributed by atoms with Gasteiger partial charge in [0.2, 0.25) is 5.91 Å². The lowest BCUT2D eigenvalue weighted by Gasteiger charge is -2.21. The molecule has 1 amide bonds. The highest BCUT2D eigenvalue weighted by Gasteiger charge is 2.11. The Hall–Kier alpha value is -1.51. The van der Waals surface area contributed by atoms with Crippen molar-refractivity contribution in [1.29, 1.82) is 0 Å². The third-order valence-electron chi connectivity index (χ3n) is 3.93. The number of ether oxygens (including phenoxy) is 1. The summed E-state index contributed by atoms with van der Waals surface area (Å²) in [4.78, 5) is 17.9. The SMILES string of the molecule is COc1ccc(CN=C(N)N2CCCCCC2)cc1NC(C)=O.I. The summed E-state index contributed by atoms with van der Waals surface area (Å²) >= 11 is 0. The van der Waals surface area contributed by atoms with Crippen LogP contribution in [0, 0.1) is 0 Å². The molecule has 1 heterocycles. The second-order valence-electron chi connectivity index (χ2n) is 5.79. The molecule has 1 saturated heterocycles. The molecule has 7 heteroatoms. The van der Waals surface area contributed by atoms with Crippen molar-refractivity contribution in [3.05, 3.63) is 23.8 Å². The van der Waals surface area contributed by atoms with Gasteiger partial charge in [-0.1, -0.05) is 18.9 Å². The number of halogens is 1. The van der Waals surface area contributed by atoms with Gasteiger partial charge >= 0.3 is 0 Å². The third-order valence-corrected chi connectivity index (χ3v) is 3.93. The summed E-state index contributed by atoms with van der Waals surface area (Å²) in [7, 11) is 1.58. The van der Waals surface area contributed by atoms with Gasteiger partial charge in [0.1, 0.15) is 5.75 Å². The fourth-order valence-corrected chi connectivity index (χ4v) is 2.71. The first-order valence-corrected chi connectivity index (χ1v) is 8.09. The third kappa shape index (κ3) is 6.18. The van der Waals surface area contributed by atoms with Gasteiger partial charge in [-0.2, -0.15) is 0 Å². The fraction of sp³-hybridized carbons (Fsp3) is 0.529. The average molecular weight is 446 g/mol. The molecule has 1 aliphatic heterocycles. The van der Waals surface area contributed by atoms with E-state index in [0.717, 1.165) is 18.7 Å². The van der Waals surface area contributed by atoms with E-state index >= 15 is 0 Å². The minimum absolute atomic E-state index is 0. The Labute approximate surface area is 160 Å². The number of aliphatic imine (C=N–C) groups is 1. The molecule has 0 unspecified atom stereocenters. The molecular weight excluding hydrogens is 419 g/mol. The number of nitrogens with two attached hydrogens (primary N) is 1. The topological polar surface area (TPSA) is 80.0 Å². The summed E-state index contributed by atoms with van der Waals surface area (Å²) < 4.78 is 5.25. The van der Waals surface area contributed by atoms with Crippen molar-refractivity contribution in [3.63, 3.8) is 0 Å². The van der Waals surface area contributed by atoms with Crippen molar-refractivity contribution in [1.82, 2.24) is 4.90 Å². The number of benzene rings is 1. The highest BCUT2D eigenvalue weighted by Crippen LogP contribution is 2.25. The van der Waals surface area contributed by atoms with Crippen molar-refractivity contribution in [3.8, 4) is 5.75 Å². The van der Waals surface area contributed by atoms with Crippen molar-refractivity contribution in [2.45, 2.75) is 39.2 Å². The summed E-state index contributed by atoms with van der Waals surface area (Å²) in [5.74, 6) is 1.10. The summed E-state index contributed by atoms with van der Waals surface area (Å²) in [6.07, 6.45) is 4.88. The predicted molar refractivity (Wildman–Crippen MR) is 108 cm³/mol. The normalized spacial score (nSPS) is 15.2. The minimum atomic E-state index is -0.131. The van der Waals surface area contributed by atoms with E-state index in [1.165, 1.54) is 32.6 Å². The van der Waals surface area contributed by atoms with E-state index in [2.05, 4.69) is 15.2 Å². The Morgan fingerprint density at radius 1 is 1.29 bits per heavy atom. The van der Waals surface area contributed by atoms with Gasteiger partial charge < -0.3 is 20.7 Å². The number of hydrogen-bond donors (Lipinski definition) is 2. The van der Waals surface area contributed by atoms with Crippen LogP contribution in [0.4, 0.5) is 5.69 Å². The van der Waals surface area contributed by atoms with Crippen LogP contribution in [-0.4, -0.2) is 37.0 Å². The van der Waals surface area contributed by atoms with Gasteiger partial charge in [0.05, 0.1) is 19.3 Å². The second kappa shape index (κ2) is 10.4. The number of hydrogen-bond acceptors (Lipinski definition) is 3. The molecule has 1 aromatic rings. The van der Waals surface area contributed by atoms with Gasteiger partial charge in [-0.25, -0.2) is 4.99 Å². The number of methoxy groups -OCH3 is 1. The second-order valence-corrected chi connectivity index (χ2v) is 5.79. The van der Waals surface area contributed by atoms with Gasteiger partial charge in [-0.15, -0.1) is 24.0 Å². The molecule has 0 saturated carbocycles. The first-order valence-electron chi connectivity index (χ1n) is 8.09. The Morgan fingerprint density at radius 2 is 1.96 bits per heavy atom. The molecule has 24 heavy (non-hydrogen) atoms. The number of likely N-dealkylation sites (tertiary alicyclic amines) is 1. The zero-order valence-electron chi connectivity index (χ0n) is 14.4. The van der Waals surface area contributed by atoms with Crippen LogP contribution in [0.5, 0.6) is 5.75 Å². The number of nitrogens with zero attached hydrogens (tertiary/aromatic N) is 2. The van der Waals surface area contributed by atoms with Crippen molar-refractivity contribution in [2.75, 3.05) is 25.5 Å². The molecule has 0 spiro atoms. The Kier molecular flexibility index (Phi) is 8.88. The highest BCUT2D eigenvalue weighted by molar-refractivity contribution is 14.0. The summed E-state index contributed by atoms with van der Waals surface area (Å²) in [6.45, 7) is 3.92. The first-order chi connectivity index (χ1) is 11.1. The lowest BCUT2D eigenvalue weighted by Crippen LogP contribution is -2.38. The van der Waals surface area contributed by atoms with Crippen LogP contribution in [0.25, 0.3) is 0 Å². The number of rotatable bonds is 4. The maximum Gasteiger partial charge on any atom is 0.221 e. The number of carbonyl (C=O) groups excluding carboxylic acids is 1. The maximum atomic E-state index is 11.3. The number of carbonyl (C=O) groups is 1. The van der Waals surface area contributed by atoms with Crippen LogP contribution in [0.3, 0.4) is 0 Å². The van der Waals surface area contributed by atoms with Gasteiger partial charge in [0.15, 0.2) is 5.96 Å². The van der Waals surface area contributed by atoms with Gasteiger partial charge in [-0.3, -0.25) is 4.79 Å². The molecule has 1 aliphatic rings. The van der Waals surface area contributed by atoms with Crippen molar-refractivity contribution < 1.29 is 9.53 Å². The van der Waals surface area contributed by atoms with Crippen molar-refractivity contribution >= 4 is 41.5 Å². The van der Waals surface area contributed by atoms with E-state index < -0.39 is 0 Å². The zero-order valence-corrected chi connectivity index (χ0v) is 16.7. The Balaban J connectivity index is 0.00000288. The minimum Gasteiger partial charge on any atom is -0.495 e. The smallest absolute Gasteiger partial charge is 0.221 e. The van der Waals surface area contributed by atoms with Gasteiger partial charge in [0.25, 0.3) is 0 Å². The Morgan fingerprint density at radius 3 is 2.54 bits per heavy atom. The number of guanidine groups is 1. The Bertz CT molecular complexity index is 570. The summed E-state index contributed by atoms with van der Waals surface area (Å²) in [5, 5.41) is 2.77. The number of anilines is 1. The lowest BCUT2D eigenvalue weighted by atomic mass is 10.2. The molecule has 0 aliphatic carbocycles. The molecule has 3 N–H and O–H groups in total. The van der Waals surface area contributed by atoms with Crippen LogP contribution in [0.1, 0.15) is 38.2 Å². The monoisotopic (exact) mass is 446 g/mol. The first kappa shape index (κ1) is 20.5. The molecule has 0 aromatic heterocycles. The molecule has 134 valence electrons. The quantitative estimate of drug-likeness (QED) is 0.424. The molecule has 0 radical (unpaired) electrons. The molecular formula is C17H27IN4O2. The van der Waals surface area contributed by atoms with Crippen LogP contribution in [-0.2, 0) is 11.3 Å². The van der Waals surface area contributed by atoms with E-state index in [1.54, 1.807) is 7.11 Å². The molecule has 2 rings (SSSR count). The highest BCUT2D eigenvalue weighted by atomic mass is 127. The van der Waals surface area contributed by atoms with Crippen molar-refractivity contribution in [2.24, 2.45) is 10.7 Å². The van der Waals surface area contributed by atoms with E-state index in [9.17, 15) is 4.79 Å². The van der Waals surface area contributed by atoms with Crippen LogP contribution < -0.4 is 15.8 Å². The largest absolute Gasteiger partial charge is 0.495 e. The molecule has 0 bridgehead atoms. The van der Waals surface area contributed by atoms with E-state index in [4.69, 9.17) is 10.5 Å². The predicted octanol–water partition coefficient (Wildman–Crippen LogP) is 2.96. The lowest BCUT2D eigenvalue weighted by molar-refractivity contribution is -0.114. The van der Waals surface area contributed by atoms with E-state index in [1.807, 2.05) is 18.2 Å². The molecule has 6 nitrogen and oxygen atoms in total.